The van der Waals surface area contributed by atoms with Crippen molar-refractivity contribution in [3.05, 3.63) is 282 Å². The van der Waals surface area contributed by atoms with Gasteiger partial charge in [-0.3, -0.25) is 0 Å². The molecule has 0 bridgehead atoms. The largest absolute Gasteiger partial charge is 0.455 e. The number of nitriles is 2. The van der Waals surface area contributed by atoms with Crippen LogP contribution in [0, 0.1) is 22.7 Å². The number of furan rings is 2. The molecule has 1 aliphatic carbocycles. The van der Waals surface area contributed by atoms with Gasteiger partial charge in [0.2, 0.25) is 0 Å². The van der Waals surface area contributed by atoms with Gasteiger partial charge in [0.05, 0.1) is 28.7 Å². The summed E-state index contributed by atoms with van der Waals surface area (Å²) in [6, 6.07) is 91.4. The Morgan fingerprint density at radius 2 is 0.703 bits per heavy atom. The Bertz CT molecular complexity index is 4200. The predicted molar refractivity (Wildman–Crippen MR) is 299 cm³/mol. The summed E-state index contributed by atoms with van der Waals surface area (Å²) in [6.45, 7) is 0. The van der Waals surface area contributed by atoms with Gasteiger partial charge in [-0.05, 0) is 128 Å². The van der Waals surface area contributed by atoms with Crippen molar-refractivity contribution in [2.45, 2.75) is 5.41 Å². The molecular weight excluding hydrogens is 903 g/mol. The fourth-order valence-corrected chi connectivity index (χ4v) is 11.7. The van der Waals surface area contributed by atoms with E-state index >= 15 is 0 Å². The summed E-state index contributed by atoms with van der Waals surface area (Å²) in [5, 5.41) is 24.1. The summed E-state index contributed by atoms with van der Waals surface area (Å²) < 4.78 is 13.0. The quantitative estimate of drug-likeness (QED) is 0.152. The van der Waals surface area contributed by atoms with Crippen molar-refractivity contribution < 1.29 is 8.83 Å². The highest BCUT2D eigenvalue weighted by Crippen LogP contribution is 2.58. The molecule has 5 nitrogen and oxygen atoms in total. The molecule has 0 saturated heterocycles. The first kappa shape index (κ1) is 42.7. The lowest BCUT2D eigenvalue weighted by molar-refractivity contribution is 0.669. The van der Waals surface area contributed by atoms with Gasteiger partial charge in [0.1, 0.15) is 22.3 Å². The van der Waals surface area contributed by atoms with Crippen LogP contribution >= 0.6 is 0 Å². The highest BCUT2D eigenvalue weighted by Gasteiger charge is 2.47. The van der Waals surface area contributed by atoms with E-state index in [2.05, 4.69) is 217 Å². The van der Waals surface area contributed by atoms with Crippen LogP contribution in [0.4, 0.5) is 17.1 Å². The minimum absolute atomic E-state index is 0.602. The van der Waals surface area contributed by atoms with E-state index < -0.39 is 5.41 Å². The average Bonchev–Trinajstić information content (AvgIpc) is 4.16. The number of hydrogen-bond donors (Lipinski definition) is 0. The molecule has 0 spiro atoms. The molecule has 14 rings (SSSR count). The monoisotopic (exact) mass is 943 g/mol. The number of anilines is 3. The molecule has 0 amide bonds. The third-order valence-electron chi connectivity index (χ3n) is 15.1. The Morgan fingerprint density at radius 3 is 1.19 bits per heavy atom. The van der Waals surface area contributed by atoms with Crippen molar-refractivity contribution in [2.75, 3.05) is 4.90 Å². The Hall–Kier alpha value is -10.2. The van der Waals surface area contributed by atoms with Gasteiger partial charge in [0.15, 0.2) is 0 Å². The van der Waals surface area contributed by atoms with Crippen LogP contribution in [0.25, 0.3) is 88.4 Å². The molecule has 74 heavy (non-hydrogen) atoms. The van der Waals surface area contributed by atoms with Crippen LogP contribution in [-0.4, -0.2) is 0 Å². The fraction of sp³-hybridized carbons (Fsp3) is 0.0145. The topological polar surface area (TPSA) is 77.1 Å². The summed E-state index contributed by atoms with van der Waals surface area (Å²) in [7, 11) is 0. The molecule has 344 valence electrons. The zero-order chi connectivity index (χ0) is 49.3. The summed E-state index contributed by atoms with van der Waals surface area (Å²) in [4.78, 5) is 2.31. The van der Waals surface area contributed by atoms with E-state index in [4.69, 9.17) is 8.83 Å². The van der Waals surface area contributed by atoms with Crippen LogP contribution in [0.1, 0.15) is 33.4 Å². The molecule has 0 aliphatic heterocycles. The zero-order valence-electron chi connectivity index (χ0n) is 39.8. The summed E-state index contributed by atoms with van der Waals surface area (Å²) in [6.07, 6.45) is 0. The highest BCUT2D eigenvalue weighted by molar-refractivity contribution is 6.11. The maximum absolute atomic E-state index is 9.82. The maximum atomic E-state index is 9.82. The van der Waals surface area contributed by atoms with E-state index in [0.717, 1.165) is 128 Å². The van der Waals surface area contributed by atoms with Crippen LogP contribution < -0.4 is 4.90 Å². The lowest BCUT2D eigenvalue weighted by Gasteiger charge is -2.34. The first-order valence-corrected chi connectivity index (χ1v) is 24.8. The molecule has 0 atom stereocenters. The van der Waals surface area contributed by atoms with Gasteiger partial charge in [0, 0.05) is 49.7 Å². The van der Waals surface area contributed by atoms with E-state index in [1.54, 1.807) is 0 Å². The van der Waals surface area contributed by atoms with E-state index in [0.29, 0.717) is 11.1 Å². The van der Waals surface area contributed by atoms with Gasteiger partial charge < -0.3 is 13.7 Å². The van der Waals surface area contributed by atoms with Crippen LogP contribution in [0.2, 0.25) is 0 Å². The molecular formula is C69H41N3O2. The number of fused-ring (bicyclic) bond motifs is 9. The molecule has 2 heterocycles. The molecule has 5 heteroatoms. The van der Waals surface area contributed by atoms with E-state index in [1.807, 2.05) is 48.5 Å². The Morgan fingerprint density at radius 1 is 0.324 bits per heavy atom. The normalized spacial score (nSPS) is 12.4. The number of benzene rings is 11. The van der Waals surface area contributed by atoms with E-state index in [1.165, 1.54) is 0 Å². The number of nitrogens with zero attached hydrogens (tertiary/aromatic N) is 3. The molecule has 13 aromatic rings. The molecule has 0 saturated carbocycles. The smallest absolute Gasteiger partial charge is 0.143 e. The number of hydrogen-bond acceptors (Lipinski definition) is 5. The van der Waals surface area contributed by atoms with Crippen LogP contribution in [0.15, 0.2) is 258 Å². The van der Waals surface area contributed by atoms with Crippen molar-refractivity contribution in [1.29, 1.82) is 10.5 Å². The second kappa shape index (κ2) is 17.0. The third kappa shape index (κ3) is 6.55. The minimum atomic E-state index is -0.704. The van der Waals surface area contributed by atoms with E-state index in [9.17, 15) is 10.5 Å². The van der Waals surface area contributed by atoms with Crippen molar-refractivity contribution in [1.82, 2.24) is 0 Å². The van der Waals surface area contributed by atoms with Crippen molar-refractivity contribution in [2.24, 2.45) is 0 Å². The Kier molecular flexibility index (Phi) is 9.80. The van der Waals surface area contributed by atoms with Gasteiger partial charge >= 0.3 is 0 Å². The fourth-order valence-electron chi connectivity index (χ4n) is 11.7. The SMILES string of the molecule is N#Cc1ccc(C2(c3ccc(C#N)cc3)c3ccccc3-c3c(-c4ccc(N(c5ccc(-c6cccc7c6oc6ccccc67)cc5)c5ccc(-c6cccc7c6oc6ccccc67)cc5)cc4)cccc32)cc1. The van der Waals surface area contributed by atoms with Crippen LogP contribution in [-0.2, 0) is 5.41 Å². The Labute approximate surface area is 427 Å². The average molecular weight is 944 g/mol. The van der Waals surface area contributed by atoms with Gasteiger partial charge in [0.25, 0.3) is 0 Å². The van der Waals surface area contributed by atoms with Crippen molar-refractivity contribution in [3.8, 4) is 56.6 Å². The molecule has 11 aromatic carbocycles. The maximum Gasteiger partial charge on any atom is 0.143 e. The summed E-state index contributed by atoms with van der Waals surface area (Å²) >= 11 is 0. The standard InChI is InChI=1S/C69H41N3O2/c70-42-44-22-32-49(33-23-44)69(50-34-24-45(43-71)25-35-50)62-18-4-1-12-61(62)66-54(13-9-19-63(66)69)46-26-36-51(37-27-46)72(52-38-28-47(29-39-52)55-14-7-16-59-57-10-2-5-20-64(57)73-67(55)59)53-40-30-48(31-41-53)56-15-8-17-60-58-11-3-6-21-65(58)74-68(56)60/h1-41H. The minimum Gasteiger partial charge on any atom is -0.455 e. The zero-order valence-corrected chi connectivity index (χ0v) is 39.8. The molecule has 1 aliphatic rings. The van der Waals surface area contributed by atoms with Crippen molar-refractivity contribution >= 4 is 60.9 Å². The second-order valence-electron chi connectivity index (χ2n) is 18.9. The second-order valence-corrected chi connectivity index (χ2v) is 18.9. The number of rotatable bonds is 8. The Balaban J connectivity index is 0.893. The third-order valence-corrected chi connectivity index (χ3v) is 15.1. The summed E-state index contributed by atoms with van der Waals surface area (Å²) in [5.41, 5.74) is 20.2. The van der Waals surface area contributed by atoms with Gasteiger partial charge in [-0.25, -0.2) is 0 Å². The molecule has 0 unspecified atom stereocenters. The predicted octanol–water partition coefficient (Wildman–Crippen LogP) is 18.1. The van der Waals surface area contributed by atoms with Crippen molar-refractivity contribution in [3.63, 3.8) is 0 Å². The first-order valence-electron chi connectivity index (χ1n) is 24.8. The molecule has 0 N–H and O–H groups in total. The first-order chi connectivity index (χ1) is 36.6. The summed E-state index contributed by atoms with van der Waals surface area (Å²) in [5.74, 6) is 0. The highest BCUT2D eigenvalue weighted by atomic mass is 16.3. The van der Waals surface area contributed by atoms with E-state index in [-0.39, 0.29) is 0 Å². The van der Waals surface area contributed by atoms with Crippen LogP contribution in [0.5, 0.6) is 0 Å². The van der Waals surface area contributed by atoms with Gasteiger partial charge in [-0.15, -0.1) is 0 Å². The number of para-hydroxylation sites is 4. The van der Waals surface area contributed by atoms with Gasteiger partial charge in [-0.1, -0.05) is 176 Å². The van der Waals surface area contributed by atoms with Gasteiger partial charge in [-0.2, -0.15) is 10.5 Å². The van der Waals surface area contributed by atoms with Crippen LogP contribution in [0.3, 0.4) is 0 Å². The molecule has 0 radical (unpaired) electrons. The molecule has 2 aromatic heterocycles. The molecule has 0 fully saturated rings. The lowest BCUT2D eigenvalue weighted by atomic mass is 9.67. The lowest BCUT2D eigenvalue weighted by Crippen LogP contribution is -2.28.